The van der Waals surface area contributed by atoms with Gasteiger partial charge in [0.15, 0.2) is 0 Å². The molecule has 19 heavy (non-hydrogen) atoms. The van der Waals surface area contributed by atoms with E-state index in [0.29, 0.717) is 6.54 Å². The molecule has 0 saturated heterocycles. The minimum Gasteiger partial charge on any atom is -0.366 e. The van der Waals surface area contributed by atoms with Crippen LogP contribution in [0.1, 0.15) is 17.2 Å². The van der Waals surface area contributed by atoms with Crippen LogP contribution in [0, 0.1) is 12.7 Å². The van der Waals surface area contributed by atoms with E-state index in [1.54, 1.807) is 12.1 Å². The minimum absolute atomic E-state index is 0.0301. The van der Waals surface area contributed by atoms with E-state index < -0.39 is 0 Å². The van der Waals surface area contributed by atoms with E-state index in [9.17, 15) is 4.39 Å². The zero-order valence-electron chi connectivity index (χ0n) is 11.3. The summed E-state index contributed by atoms with van der Waals surface area (Å²) in [5, 5.41) is 0. The van der Waals surface area contributed by atoms with E-state index in [1.807, 2.05) is 25.2 Å². The number of aryl methyl sites for hydroxylation is 1. The summed E-state index contributed by atoms with van der Waals surface area (Å²) in [6.07, 6.45) is 0. The Labute approximate surface area is 113 Å². The number of nitrogens with two attached hydrogens (primary N) is 1. The Kier molecular flexibility index (Phi) is 4.17. The first-order valence-electron chi connectivity index (χ1n) is 6.37. The zero-order valence-corrected chi connectivity index (χ0v) is 11.3. The fraction of sp³-hybridized carbons (Fsp3) is 0.250. The number of hydrogen-bond acceptors (Lipinski definition) is 2. The van der Waals surface area contributed by atoms with Crippen LogP contribution >= 0.6 is 0 Å². The third-order valence-corrected chi connectivity index (χ3v) is 3.33. The smallest absolute Gasteiger partial charge is 0.123 e. The maximum atomic E-state index is 13.3. The van der Waals surface area contributed by atoms with Crippen molar-refractivity contribution < 1.29 is 4.39 Å². The van der Waals surface area contributed by atoms with Crippen LogP contribution in [0.15, 0.2) is 48.5 Å². The standard InChI is InChI=1S/C16H19FN2/c1-12-5-3-8-15(9-12)19(2)16(11-18)13-6-4-7-14(17)10-13/h3-10,16H,11,18H2,1-2H3. The lowest BCUT2D eigenvalue weighted by molar-refractivity contribution is 0.615. The van der Waals surface area contributed by atoms with Crippen molar-refractivity contribution in [3.63, 3.8) is 0 Å². The highest BCUT2D eigenvalue weighted by Gasteiger charge is 2.16. The third-order valence-electron chi connectivity index (χ3n) is 3.33. The molecule has 2 aromatic carbocycles. The van der Waals surface area contributed by atoms with E-state index in [1.165, 1.54) is 11.6 Å². The number of hydrogen-bond donors (Lipinski definition) is 1. The Balaban J connectivity index is 2.31. The van der Waals surface area contributed by atoms with Crippen molar-refractivity contribution in [3.05, 3.63) is 65.5 Å². The van der Waals surface area contributed by atoms with E-state index in [-0.39, 0.29) is 11.9 Å². The number of benzene rings is 2. The number of likely N-dealkylation sites (N-methyl/N-ethyl adjacent to an activating group) is 1. The van der Waals surface area contributed by atoms with Gasteiger partial charge in [-0.1, -0.05) is 24.3 Å². The molecular formula is C16H19FN2. The summed E-state index contributed by atoms with van der Waals surface area (Å²) in [5.41, 5.74) is 9.04. The van der Waals surface area contributed by atoms with Crippen LogP contribution in [-0.2, 0) is 0 Å². The number of halogens is 1. The molecule has 0 heterocycles. The van der Waals surface area contributed by atoms with Gasteiger partial charge >= 0.3 is 0 Å². The predicted octanol–water partition coefficient (Wildman–Crippen LogP) is 3.27. The SMILES string of the molecule is Cc1cccc(N(C)C(CN)c2cccc(F)c2)c1. The molecule has 0 amide bonds. The molecule has 100 valence electrons. The summed E-state index contributed by atoms with van der Waals surface area (Å²) < 4.78 is 13.3. The van der Waals surface area contributed by atoms with Gasteiger partial charge in [-0.2, -0.15) is 0 Å². The summed E-state index contributed by atoms with van der Waals surface area (Å²) in [7, 11) is 1.98. The van der Waals surface area contributed by atoms with Crippen molar-refractivity contribution in [2.75, 3.05) is 18.5 Å². The van der Waals surface area contributed by atoms with Crippen LogP contribution < -0.4 is 10.6 Å². The van der Waals surface area contributed by atoms with Crippen LogP contribution in [0.2, 0.25) is 0 Å². The van der Waals surface area contributed by atoms with E-state index in [4.69, 9.17) is 5.73 Å². The van der Waals surface area contributed by atoms with Crippen molar-refractivity contribution in [3.8, 4) is 0 Å². The first kappa shape index (κ1) is 13.6. The van der Waals surface area contributed by atoms with Gasteiger partial charge in [-0.25, -0.2) is 4.39 Å². The zero-order chi connectivity index (χ0) is 13.8. The average Bonchev–Trinajstić information content (AvgIpc) is 2.39. The van der Waals surface area contributed by atoms with Crippen LogP contribution in [-0.4, -0.2) is 13.6 Å². The van der Waals surface area contributed by atoms with Crippen molar-refractivity contribution in [2.24, 2.45) is 5.73 Å². The molecule has 0 radical (unpaired) electrons. The minimum atomic E-state index is -0.228. The van der Waals surface area contributed by atoms with Gasteiger partial charge in [-0.3, -0.25) is 0 Å². The van der Waals surface area contributed by atoms with Crippen molar-refractivity contribution in [1.82, 2.24) is 0 Å². The van der Waals surface area contributed by atoms with Gasteiger partial charge in [-0.05, 0) is 42.3 Å². The molecule has 0 spiro atoms. The summed E-state index contributed by atoms with van der Waals surface area (Å²) in [6, 6.07) is 14.8. The average molecular weight is 258 g/mol. The van der Waals surface area contributed by atoms with Crippen molar-refractivity contribution in [1.29, 1.82) is 0 Å². The van der Waals surface area contributed by atoms with E-state index in [0.717, 1.165) is 11.3 Å². The molecule has 0 aromatic heterocycles. The maximum Gasteiger partial charge on any atom is 0.123 e. The second kappa shape index (κ2) is 5.85. The van der Waals surface area contributed by atoms with Crippen LogP contribution in [0.25, 0.3) is 0 Å². The molecule has 0 aliphatic heterocycles. The number of nitrogens with zero attached hydrogens (tertiary/aromatic N) is 1. The molecule has 1 unspecified atom stereocenters. The number of anilines is 1. The van der Waals surface area contributed by atoms with Gasteiger partial charge in [0.05, 0.1) is 6.04 Å². The fourth-order valence-corrected chi connectivity index (χ4v) is 2.26. The van der Waals surface area contributed by atoms with Crippen molar-refractivity contribution >= 4 is 5.69 Å². The Morgan fingerprint density at radius 3 is 2.53 bits per heavy atom. The van der Waals surface area contributed by atoms with Crippen LogP contribution in [0.3, 0.4) is 0 Å². The molecule has 0 bridgehead atoms. The summed E-state index contributed by atoms with van der Waals surface area (Å²) in [4.78, 5) is 2.09. The van der Waals surface area contributed by atoms with Crippen LogP contribution in [0.4, 0.5) is 10.1 Å². The van der Waals surface area contributed by atoms with Crippen LogP contribution in [0.5, 0.6) is 0 Å². The van der Waals surface area contributed by atoms with E-state index in [2.05, 4.69) is 24.0 Å². The Morgan fingerprint density at radius 1 is 1.16 bits per heavy atom. The normalized spacial score (nSPS) is 12.2. The highest BCUT2D eigenvalue weighted by molar-refractivity contribution is 5.50. The van der Waals surface area contributed by atoms with Gasteiger partial charge in [0, 0.05) is 19.3 Å². The molecule has 2 rings (SSSR count). The summed E-state index contributed by atoms with van der Waals surface area (Å²) in [5.74, 6) is -0.228. The van der Waals surface area contributed by atoms with E-state index >= 15 is 0 Å². The molecule has 0 aliphatic rings. The maximum absolute atomic E-state index is 13.3. The third kappa shape index (κ3) is 3.12. The molecule has 1 atom stereocenters. The van der Waals surface area contributed by atoms with Crippen molar-refractivity contribution in [2.45, 2.75) is 13.0 Å². The summed E-state index contributed by atoms with van der Waals surface area (Å²) >= 11 is 0. The second-order valence-corrected chi connectivity index (χ2v) is 4.76. The lowest BCUT2D eigenvalue weighted by atomic mass is 10.0. The van der Waals surface area contributed by atoms with Gasteiger partial charge in [0.25, 0.3) is 0 Å². The monoisotopic (exact) mass is 258 g/mol. The predicted molar refractivity (Wildman–Crippen MR) is 77.8 cm³/mol. The number of rotatable bonds is 4. The quantitative estimate of drug-likeness (QED) is 0.912. The molecule has 0 saturated carbocycles. The second-order valence-electron chi connectivity index (χ2n) is 4.76. The van der Waals surface area contributed by atoms with Gasteiger partial charge < -0.3 is 10.6 Å². The molecule has 0 aliphatic carbocycles. The first-order chi connectivity index (χ1) is 9.11. The molecule has 2 aromatic rings. The molecule has 2 N–H and O–H groups in total. The summed E-state index contributed by atoms with van der Waals surface area (Å²) in [6.45, 7) is 2.49. The largest absolute Gasteiger partial charge is 0.366 e. The molecule has 0 fully saturated rings. The lowest BCUT2D eigenvalue weighted by Gasteiger charge is -2.29. The molecule has 2 nitrogen and oxygen atoms in total. The topological polar surface area (TPSA) is 29.3 Å². The fourth-order valence-electron chi connectivity index (χ4n) is 2.26. The molecule has 3 heteroatoms. The molecular weight excluding hydrogens is 239 g/mol. The van der Waals surface area contributed by atoms with Gasteiger partial charge in [-0.15, -0.1) is 0 Å². The Hall–Kier alpha value is -1.87. The van der Waals surface area contributed by atoms with Gasteiger partial charge in [0.2, 0.25) is 0 Å². The first-order valence-corrected chi connectivity index (χ1v) is 6.37. The highest BCUT2D eigenvalue weighted by Crippen LogP contribution is 2.25. The highest BCUT2D eigenvalue weighted by atomic mass is 19.1. The Bertz CT molecular complexity index is 554. The Morgan fingerprint density at radius 2 is 1.89 bits per heavy atom. The lowest BCUT2D eigenvalue weighted by Crippen LogP contribution is -2.30. The van der Waals surface area contributed by atoms with Gasteiger partial charge in [0.1, 0.15) is 5.82 Å².